The second kappa shape index (κ2) is 6.69. The van der Waals surface area contributed by atoms with Crippen LogP contribution in [-0.2, 0) is 23.5 Å². The van der Waals surface area contributed by atoms with Crippen molar-refractivity contribution in [2.75, 3.05) is 7.11 Å². The van der Waals surface area contributed by atoms with Gasteiger partial charge in [-0.25, -0.2) is 0 Å². The minimum absolute atomic E-state index is 0.0522. The lowest BCUT2D eigenvalue weighted by molar-refractivity contribution is -0.179. The van der Waals surface area contributed by atoms with Gasteiger partial charge in [0.05, 0.1) is 24.4 Å². The summed E-state index contributed by atoms with van der Waals surface area (Å²) < 4.78 is 18.1. The lowest BCUT2D eigenvalue weighted by Crippen LogP contribution is -2.62. The molecule has 3 aliphatic carbocycles. The molecule has 1 aliphatic heterocycles. The predicted molar refractivity (Wildman–Crippen MR) is 122 cm³/mol. The van der Waals surface area contributed by atoms with Crippen LogP contribution in [-0.4, -0.2) is 38.9 Å². The highest BCUT2D eigenvalue weighted by Crippen LogP contribution is 2.68. The van der Waals surface area contributed by atoms with Crippen molar-refractivity contribution >= 4 is 20.1 Å². The number of epoxide rings is 1. The summed E-state index contributed by atoms with van der Waals surface area (Å²) in [7, 11) is -0.484. The molecule has 4 rings (SSSR count). The van der Waals surface area contributed by atoms with Gasteiger partial charge in [0.25, 0.3) is 0 Å². The molecule has 0 aromatic carbocycles. The highest BCUT2D eigenvalue weighted by molar-refractivity contribution is 6.74. The Kier molecular flexibility index (Phi) is 4.97. The lowest BCUT2D eigenvalue weighted by Gasteiger charge is -2.58. The summed E-state index contributed by atoms with van der Waals surface area (Å²) in [6.07, 6.45) is 3.71. The van der Waals surface area contributed by atoms with Crippen LogP contribution in [0.15, 0.2) is 11.3 Å². The number of ketones is 1. The summed E-state index contributed by atoms with van der Waals surface area (Å²) >= 11 is 0. The van der Waals surface area contributed by atoms with E-state index in [0.29, 0.717) is 6.42 Å². The highest BCUT2D eigenvalue weighted by Gasteiger charge is 2.75. The average Bonchev–Trinajstić information content (AvgIpc) is 3.35. The summed E-state index contributed by atoms with van der Waals surface area (Å²) in [5.74, 6) is 1.12. The standard InChI is InChI=1S/C25H40O5Si/c1-15-16-10-12-23(5)18(14-19-24(6,29-19)20(23)26)25(16,21(27)28-7)13-11-17(15)30-31(8,9)22(2,3)4/h16,18-19H,10-14H2,1-9H3/t16-,18-,19-,23+,24-,25+/m0/s1. The molecular weight excluding hydrogens is 408 g/mol. The first-order valence-corrected chi connectivity index (χ1v) is 14.8. The third-order valence-electron chi connectivity index (χ3n) is 9.81. The maximum atomic E-state index is 13.5. The molecule has 0 spiro atoms. The molecule has 5 nitrogen and oxygen atoms in total. The van der Waals surface area contributed by atoms with Crippen molar-refractivity contribution in [3.63, 3.8) is 0 Å². The molecule has 0 amide bonds. The van der Waals surface area contributed by atoms with Gasteiger partial charge in [-0.1, -0.05) is 27.7 Å². The minimum Gasteiger partial charge on any atom is -0.547 e. The van der Waals surface area contributed by atoms with Gasteiger partial charge in [-0.05, 0) is 75.1 Å². The van der Waals surface area contributed by atoms with Gasteiger partial charge in [0.15, 0.2) is 11.4 Å². The molecule has 0 unspecified atom stereocenters. The number of hydrogen-bond acceptors (Lipinski definition) is 5. The monoisotopic (exact) mass is 448 g/mol. The molecule has 6 atom stereocenters. The van der Waals surface area contributed by atoms with Gasteiger partial charge in [0.1, 0.15) is 0 Å². The Morgan fingerprint density at radius 3 is 2.42 bits per heavy atom. The van der Waals surface area contributed by atoms with Gasteiger partial charge in [-0.15, -0.1) is 0 Å². The Morgan fingerprint density at radius 2 is 1.84 bits per heavy atom. The van der Waals surface area contributed by atoms with Gasteiger partial charge >= 0.3 is 5.97 Å². The number of fused-ring (bicyclic) bond motifs is 4. The molecule has 6 heteroatoms. The maximum Gasteiger partial charge on any atom is 0.312 e. The first-order chi connectivity index (χ1) is 14.1. The SMILES string of the molecule is COC(=O)[C@]12CCC(O[Si](C)(C)C(C)(C)C)=C(C)[C@@H]1CC[C@@]1(C)C(=O)[C@@]3(C)O[C@H]3C[C@H]21. The average molecular weight is 449 g/mol. The Morgan fingerprint density at radius 1 is 1.19 bits per heavy atom. The van der Waals surface area contributed by atoms with Gasteiger partial charge in [-0.2, -0.15) is 0 Å². The largest absolute Gasteiger partial charge is 0.547 e. The molecule has 0 bridgehead atoms. The van der Waals surface area contributed by atoms with Crippen LogP contribution in [0.4, 0.5) is 0 Å². The molecule has 0 radical (unpaired) electrons. The van der Waals surface area contributed by atoms with E-state index < -0.39 is 24.7 Å². The molecule has 3 fully saturated rings. The van der Waals surface area contributed by atoms with Crippen molar-refractivity contribution in [2.24, 2.45) is 22.7 Å². The fourth-order valence-electron chi connectivity index (χ4n) is 6.78. The number of hydrogen-bond donors (Lipinski definition) is 0. The minimum atomic E-state index is -1.97. The smallest absolute Gasteiger partial charge is 0.312 e. The van der Waals surface area contributed by atoms with Crippen LogP contribution in [0.25, 0.3) is 0 Å². The van der Waals surface area contributed by atoms with E-state index in [1.54, 1.807) is 0 Å². The first-order valence-electron chi connectivity index (χ1n) is 11.8. The van der Waals surface area contributed by atoms with Crippen molar-refractivity contribution in [3.8, 4) is 0 Å². The van der Waals surface area contributed by atoms with E-state index in [1.807, 2.05) is 6.92 Å². The molecule has 1 saturated heterocycles. The molecular formula is C25H40O5Si. The van der Waals surface area contributed by atoms with Gasteiger partial charge in [-0.3, -0.25) is 9.59 Å². The number of rotatable bonds is 3. The molecule has 0 aromatic rings. The van der Waals surface area contributed by atoms with E-state index in [0.717, 1.165) is 31.4 Å². The first kappa shape index (κ1) is 23.0. The number of ether oxygens (including phenoxy) is 2. The number of Topliss-reactive ketones (excluding diaryl/α,β-unsaturated/α-hetero) is 1. The topological polar surface area (TPSA) is 65.1 Å². The van der Waals surface area contributed by atoms with Crippen LogP contribution in [0.5, 0.6) is 0 Å². The van der Waals surface area contributed by atoms with Gasteiger partial charge in [0.2, 0.25) is 8.32 Å². The number of carbonyl (C=O) groups is 2. The Labute approximate surface area is 188 Å². The Bertz CT molecular complexity index is 854. The summed E-state index contributed by atoms with van der Waals surface area (Å²) in [6.45, 7) is 17.5. The molecule has 1 heterocycles. The van der Waals surface area contributed by atoms with E-state index in [-0.39, 0.29) is 34.7 Å². The zero-order valence-corrected chi connectivity index (χ0v) is 21.8. The second-order valence-corrected chi connectivity index (χ2v) is 17.1. The van der Waals surface area contributed by atoms with Crippen LogP contribution >= 0.6 is 0 Å². The quantitative estimate of drug-likeness (QED) is 0.329. The summed E-state index contributed by atoms with van der Waals surface area (Å²) in [5.41, 5.74) is -0.661. The van der Waals surface area contributed by atoms with Crippen LogP contribution in [0.2, 0.25) is 18.1 Å². The molecule has 2 saturated carbocycles. The highest BCUT2D eigenvalue weighted by atomic mass is 28.4. The number of methoxy groups -OCH3 is 1. The maximum absolute atomic E-state index is 13.5. The zero-order chi connectivity index (χ0) is 23.2. The van der Waals surface area contributed by atoms with Crippen LogP contribution in [0.1, 0.15) is 73.6 Å². The summed E-state index contributed by atoms with van der Waals surface area (Å²) in [5, 5.41) is 0.117. The third-order valence-corrected chi connectivity index (χ3v) is 14.2. The summed E-state index contributed by atoms with van der Waals surface area (Å²) in [4.78, 5) is 27.0. The normalized spacial score (nSPS) is 42.4. The third kappa shape index (κ3) is 2.96. The molecule has 4 aliphatic rings. The lowest BCUT2D eigenvalue weighted by atomic mass is 9.43. The Hall–Kier alpha value is -1.14. The van der Waals surface area contributed by atoms with Crippen LogP contribution < -0.4 is 0 Å². The molecule has 31 heavy (non-hydrogen) atoms. The van der Waals surface area contributed by atoms with E-state index in [9.17, 15) is 9.59 Å². The van der Waals surface area contributed by atoms with E-state index in [1.165, 1.54) is 12.7 Å². The van der Waals surface area contributed by atoms with E-state index in [2.05, 4.69) is 47.7 Å². The van der Waals surface area contributed by atoms with Gasteiger partial charge < -0.3 is 13.9 Å². The van der Waals surface area contributed by atoms with Crippen LogP contribution in [0.3, 0.4) is 0 Å². The van der Waals surface area contributed by atoms with Crippen LogP contribution in [0, 0.1) is 22.7 Å². The molecule has 0 N–H and O–H groups in total. The van der Waals surface area contributed by atoms with Crippen molar-refractivity contribution in [1.82, 2.24) is 0 Å². The predicted octanol–water partition coefficient (Wildman–Crippen LogP) is 5.40. The Balaban J connectivity index is 1.76. The number of esters is 1. The fourth-order valence-corrected chi connectivity index (χ4v) is 7.96. The van der Waals surface area contributed by atoms with E-state index >= 15 is 0 Å². The number of allylic oxidation sites excluding steroid dienone is 2. The van der Waals surface area contributed by atoms with Crippen molar-refractivity contribution in [1.29, 1.82) is 0 Å². The van der Waals surface area contributed by atoms with Crippen molar-refractivity contribution < 1.29 is 23.5 Å². The second-order valence-electron chi connectivity index (χ2n) is 12.3. The fraction of sp³-hybridized carbons (Fsp3) is 0.840. The van der Waals surface area contributed by atoms with Crippen molar-refractivity contribution in [3.05, 3.63) is 11.3 Å². The molecule has 0 aromatic heterocycles. The van der Waals surface area contributed by atoms with Crippen molar-refractivity contribution in [2.45, 2.75) is 103 Å². The number of carbonyl (C=O) groups excluding carboxylic acids is 2. The van der Waals surface area contributed by atoms with E-state index in [4.69, 9.17) is 13.9 Å². The zero-order valence-electron chi connectivity index (χ0n) is 20.8. The molecule has 174 valence electrons. The van der Waals surface area contributed by atoms with Gasteiger partial charge in [0, 0.05) is 11.8 Å². The summed E-state index contributed by atoms with van der Waals surface area (Å²) in [6, 6.07) is 0.